The molecule has 1 aliphatic rings. The predicted molar refractivity (Wildman–Crippen MR) is 71.1 cm³/mol. The molecule has 0 radical (unpaired) electrons. The molecule has 0 aliphatic heterocycles. The molecular weight excluding hydrogens is 224 g/mol. The summed E-state index contributed by atoms with van der Waals surface area (Å²) in [5.41, 5.74) is -0.418. The summed E-state index contributed by atoms with van der Waals surface area (Å²) in [5, 5.41) is 13.0. The first kappa shape index (κ1) is 13.1. The van der Waals surface area contributed by atoms with Crippen LogP contribution in [0.4, 0.5) is 0 Å². The number of imidazole rings is 1. The van der Waals surface area contributed by atoms with Crippen molar-refractivity contribution in [2.75, 3.05) is 6.54 Å². The molecule has 1 N–H and O–H groups in total. The van der Waals surface area contributed by atoms with Crippen molar-refractivity contribution >= 4 is 0 Å². The topological polar surface area (TPSA) is 53.6 Å². The molecule has 18 heavy (non-hydrogen) atoms. The second-order valence-electron chi connectivity index (χ2n) is 5.46. The Hall–Kier alpha value is -1.34. The molecule has 1 aliphatic carbocycles. The fourth-order valence-corrected chi connectivity index (χ4v) is 2.61. The first-order valence-corrected chi connectivity index (χ1v) is 6.80. The number of aromatic nitrogens is 2. The number of hydrogen-bond donors (Lipinski definition) is 1. The highest BCUT2D eigenvalue weighted by atomic mass is 15.1. The largest absolute Gasteiger partial charge is 0.332 e. The number of likely N-dealkylation sites (N-methyl/N-ethyl adjacent to an activating group) is 1. The summed E-state index contributed by atoms with van der Waals surface area (Å²) in [4.78, 5) is 4.40. The summed E-state index contributed by atoms with van der Waals surface area (Å²) in [6.45, 7) is 7.87. The van der Waals surface area contributed by atoms with E-state index in [1.165, 1.54) is 0 Å². The Kier molecular flexibility index (Phi) is 3.72. The molecule has 0 amide bonds. The highest BCUT2D eigenvalue weighted by Gasteiger charge is 2.45. The van der Waals surface area contributed by atoms with Gasteiger partial charge in [-0.15, -0.1) is 0 Å². The Bertz CT molecular complexity index is 439. The Morgan fingerprint density at radius 1 is 1.61 bits per heavy atom. The molecule has 1 unspecified atom stereocenters. The smallest absolute Gasteiger partial charge is 0.127 e. The maximum atomic E-state index is 9.60. The minimum absolute atomic E-state index is 0.386. The third-order valence-corrected chi connectivity index (χ3v) is 3.65. The van der Waals surface area contributed by atoms with Crippen LogP contribution in [0, 0.1) is 17.2 Å². The van der Waals surface area contributed by atoms with Gasteiger partial charge in [0, 0.05) is 18.3 Å². The van der Waals surface area contributed by atoms with E-state index in [2.05, 4.69) is 41.7 Å². The highest BCUT2D eigenvalue weighted by Crippen LogP contribution is 2.40. The number of hydrogen-bond acceptors (Lipinski definition) is 3. The van der Waals surface area contributed by atoms with E-state index in [-0.39, 0.29) is 0 Å². The van der Waals surface area contributed by atoms with Gasteiger partial charge in [0.25, 0.3) is 0 Å². The highest BCUT2D eigenvalue weighted by molar-refractivity contribution is 5.16. The molecule has 4 nitrogen and oxygen atoms in total. The SMILES string of the molecule is CCNC(C#N)(Cn1ccnc1C(C)C)C1CC1. The number of rotatable bonds is 6. The number of nitrogens with zero attached hydrogens (tertiary/aromatic N) is 3. The summed E-state index contributed by atoms with van der Waals surface area (Å²) in [7, 11) is 0. The van der Waals surface area contributed by atoms with E-state index in [1.54, 1.807) is 0 Å². The molecule has 1 aromatic heterocycles. The zero-order valence-electron chi connectivity index (χ0n) is 11.5. The molecule has 98 valence electrons. The van der Waals surface area contributed by atoms with E-state index < -0.39 is 5.54 Å². The molecule has 0 bridgehead atoms. The molecule has 0 spiro atoms. The lowest BCUT2D eigenvalue weighted by Gasteiger charge is -2.29. The van der Waals surface area contributed by atoms with Crippen molar-refractivity contribution in [3.8, 4) is 6.07 Å². The van der Waals surface area contributed by atoms with Crippen LogP contribution in [0.1, 0.15) is 45.4 Å². The van der Waals surface area contributed by atoms with Crippen LogP contribution in [0.25, 0.3) is 0 Å². The van der Waals surface area contributed by atoms with Gasteiger partial charge in [0.2, 0.25) is 0 Å². The molecule has 0 aromatic carbocycles. The molecule has 1 atom stereocenters. The minimum atomic E-state index is -0.418. The monoisotopic (exact) mass is 246 g/mol. The quantitative estimate of drug-likeness (QED) is 0.838. The average molecular weight is 246 g/mol. The lowest BCUT2D eigenvalue weighted by Crippen LogP contribution is -2.49. The predicted octanol–water partition coefficient (Wildman–Crippen LogP) is 2.29. The van der Waals surface area contributed by atoms with Crippen LogP contribution in [-0.4, -0.2) is 21.6 Å². The summed E-state index contributed by atoms with van der Waals surface area (Å²) < 4.78 is 2.13. The van der Waals surface area contributed by atoms with Crippen molar-refractivity contribution < 1.29 is 0 Å². The third-order valence-electron chi connectivity index (χ3n) is 3.65. The van der Waals surface area contributed by atoms with Crippen molar-refractivity contribution in [2.24, 2.45) is 5.92 Å². The Labute approximate surface area is 109 Å². The zero-order valence-corrected chi connectivity index (χ0v) is 11.5. The fraction of sp³-hybridized carbons (Fsp3) is 0.714. The van der Waals surface area contributed by atoms with Crippen molar-refractivity contribution in [1.29, 1.82) is 5.26 Å². The Balaban J connectivity index is 2.23. The molecule has 2 rings (SSSR count). The van der Waals surface area contributed by atoms with Gasteiger partial charge in [-0.3, -0.25) is 5.32 Å². The van der Waals surface area contributed by atoms with Gasteiger partial charge in [-0.05, 0) is 25.3 Å². The standard InChI is InChI=1S/C14H22N4/c1-4-17-14(9-15,12-5-6-12)10-18-8-7-16-13(18)11(2)3/h7-8,11-12,17H,4-6,10H2,1-3H3. The van der Waals surface area contributed by atoms with Crippen LogP contribution in [-0.2, 0) is 6.54 Å². The summed E-state index contributed by atoms with van der Waals surface area (Å²) in [6, 6.07) is 2.52. The van der Waals surface area contributed by atoms with Crippen molar-refractivity contribution in [3.63, 3.8) is 0 Å². The van der Waals surface area contributed by atoms with Gasteiger partial charge in [0.1, 0.15) is 11.4 Å². The average Bonchev–Trinajstić information content (AvgIpc) is 3.09. The lowest BCUT2D eigenvalue weighted by molar-refractivity contribution is 0.319. The van der Waals surface area contributed by atoms with E-state index in [0.717, 1.165) is 25.2 Å². The molecule has 1 fully saturated rings. The van der Waals surface area contributed by atoms with Gasteiger partial charge in [-0.2, -0.15) is 5.26 Å². The minimum Gasteiger partial charge on any atom is -0.332 e. The van der Waals surface area contributed by atoms with Gasteiger partial charge >= 0.3 is 0 Å². The molecule has 1 saturated carbocycles. The van der Waals surface area contributed by atoms with Crippen LogP contribution in [0.5, 0.6) is 0 Å². The van der Waals surface area contributed by atoms with Crippen LogP contribution >= 0.6 is 0 Å². The third kappa shape index (κ3) is 2.41. The fourth-order valence-electron chi connectivity index (χ4n) is 2.61. The second-order valence-corrected chi connectivity index (χ2v) is 5.46. The van der Waals surface area contributed by atoms with Gasteiger partial charge in [0.05, 0.1) is 12.6 Å². The van der Waals surface area contributed by atoms with Crippen LogP contribution in [0.3, 0.4) is 0 Å². The summed E-state index contributed by atoms with van der Waals surface area (Å²) in [5.74, 6) is 1.94. The Morgan fingerprint density at radius 2 is 2.33 bits per heavy atom. The van der Waals surface area contributed by atoms with Crippen LogP contribution < -0.4 is 5.32 Å². The van der Waals surface area contributed by atoms with E-state index in [9.17, 15) is 5.26 Å². The molecule has 0 saturated heterocycles. The maximum Gasteiger partial charge on any atom is 0.127 e. The van der Waals surface area contributed by atoms with E-state index in [4.69, 9.17) is 0 Å². The summed E-state index contributed by atoms with van der Waals surface area (Å²) in [6.07, 6.45) is 6.13. The Morgan fingerprint density at radius 3 is 2.83 bits per heavy atom. The first-order valence-electron chi connectivity index (χ1n) is 6.80. The van der Waals surface area contributed by atoms with Crippen LogP contribution in [0.15, 0.2) is 12.4 Å². The molecular formula is C14H22N4. The van der Waals surface area contributed by atoms with Crippen molar-refractivity contribution in [3.05, 3.63) is 18.2 Å². The van der Waals surface area contributed by atoms with E-state index in [0.29, 0.717) is 18.4 Å². The molecule has 1 heterocycles. The van der Waals surface area contributed by atoms with Gasteiger partial charge < -0.3 is 4.57 Å². The van der Waals surface area contributed by atoms with E-state index >= 15 is 0 Å². The van der Waals surface area contributed by atoms with Gasteiger partial charge in [-0.25, -0.2) is 4.98 Å². The normalized spacial score (nSPS) is 18.6. The van der Waals surface area contributed by atoms with Crippen molar-refractivity contribution in [1.82, 2.24) is 14.9 Å². The lowest BCUT2D eigenvalue weighted by atomic mass is 9.94. The second kappa shape index (κ2) is 5.11. The van der Waals surface area contributed by atoms with Crippen LogP contribution in [0.2, 0.25) is 0 Å². The van der Waals surface area contributed by atoms with Crippen molar-refractivity contribution in [2.45, 2.75) is 51.6 Å². The van der Waals surface area contributed by atoms with E-state index in [1.807, 2.05) is 12.4 Å². The molecule has 4 heteroatoms. The van der Waals surface area contributed by atoms with Gasteiger partial charge in [-0.1, -0.05) is 20.8 Å². The summed E-state index contributed by atoms with van der Waals surface area (Å²) >= 11 is 0. The van der Waals surface area contributed by atoms with Gasteiger partial charge in [0.15, 0.2) is 0 Å². The number of nitrogens with one attached hydrogen (secondary N) is 1. The zero-order chi connectivity index (χ0) is 13.2. The molecule has 1 aromatic rings. The first-order chi connectivity index (χ1) is 8.63. The maximum absolute atomic E-state index is 9.60. The number of nitriles is 1.